The monoisotopic (exact) mass is 654 g/mol. The molecule has 45 heavy (non-hydrogen) atoms. The van der Waals surface area contributed by atoms with E-state index in [1.165, 1.54) is 32.0 Å². The van der Waals surface area contributed by atoms with Crippen LogP contribution in [0.4, 0.5) is 42.1 Å². The highest BCUT2D eigenvalue weighted by Gasteiger charge is 2.52. The lowest BCUT2D eigenvalue weighted by atomic mass is 10.0. The minimum atomic E-state index is -5.25. The maximum Gasteiger partial charge on any atom is 0.420 e. The zero-order valence-corrected chi connectivity index (χ0v) is 24.8. The van der Waals surface area contributed by atoms with Gasteiger partial charge in [-0.25, -0.2) is 17.6 Å². The van der Waals surface area contributed by atoms with Crippen LogP contribution in [0, 0.1) is 28.8 Å². The van der Waals surface area contributed by atoms with Crippen molar-refractivity contribution in [1.82, 2.24) is 4.98 Å². The normalized spacial score (nSPS) is 15.4. The Hall–Kier alpha value is -4.29. The Morgan fingerprint density at radius 2 is 1.82 bits per heavy atom. The lowest BCUT2D eigenvalue weighted by Crippen LogP contribution is -2.44. The number of thiocarbonyl (C=S) groups is 1. The number of hydrogen-bond donors (Lipinski definition) is 0. The summed E-state index contributed by atoms with van der Waals surface area (Å²) in [7, 11) is 0. The van der Waals surface area contributed by atoms with Crippen LogP contribution in [-0.2, 0) is 15.7 Å². The standard InChI is InChI=1S/C30H25F7N4O3S/c1-4-43-15-18(31)9-10-44-23-8-6-16(11-20(23)32)26-21(33)12-19(14-39-26)41-28(45)40(27(42)29(41,2)3)22-7-5-17(13-38)24(25(22)34)30(35,36)37/h5-8,11-12,14,18H,4,9-10,15H2,1-3H3. The van der Waals surface area contributed by atoms with Gasteiger partial charge >= 0.3 is 6.18 Å². The zero-order valence-electron chi connectivity index (χ0n) is 24.0. The fraction of sp³-hybridized carbons (Fsp3) is 0.333. The molecule has 1 fully saturated rings. The van der Waals surface area contributed by atoms with E-state index in [9.17, 15) is 26.7 Å². The lowest BCUT2D eigenvalue weighted by molar-refractivity contribution is -0.140. The van der Waals surface area contributed by atoms with E-state index in [0.29, 0.717) is 11.5 Å². The first-order valence-corrected chi connectivity index (χ1v) is 13.8. The molecule has 0 N–H and O–H groups in total. The predicted molar refractivity (Wildman–Crippen MR) is 154 cm³/mol. The predicted octanol–water partition coefficient (Wildman–Crippen LogP) is 7.12. The molecular formula is C30H25F7N4O3S. The topological polar surface area (TPSA) is 78.7 Å². The summed E-state index contributed by atoms with van der Waals surface area (Å²) >= 11 is 5.36. The van der Waals surface area contributed by atoms with Crippen LogP contribution in [0.5, 0.6) is 5.75 Å². The molecule has 0 spiro atoms. The number of amides is 1. The highest BCUT2D eigenvalue weighted by Crippen LogP contribution is 2.42. The number of carbonyl (C=O) groups is 1. The van der Waals surface area contributed by atoms with Crippen molar-refractivity contribution >= 4 is 34.6 Å². The van der Waals surface area contributed by atoms with Gasteiger partial charge in [-0.1, -0.05) is 0 Å². The quantitative estimate of drug-likeness (QED) is 0.170. The van der Waals surface area contributed by atoms with Gasteiger partial charge in [-0.05, 0) is 63.3 Å². The van der Waals surface area contributed by atoms with Crippen LogP contribution in [0.2, 0.25) is 0 Å². The van der Waals surface area contributed by atoms with Gasteiger partial charge in [0, 0.05) is 24.7 Å². The number of benzene rings is 2. The molecule has 2 heterocycles. The van der Waals surface area contributed by atoms with Gasteiger partial charge in [0.05, 0.1) is 42.4 Å². The molecule has 1 aromatic heterocycles. The van der Waals surface area contributed by atoms with E-state index >= 15 is 8.78 Å². The Bertz CT molecular complexity index is 1680. The average Bonchev–Trinajstić information content (AvgIpc) is 3.14. The number of anilines is 2. The molecule has 3 aromatic rings. The molecule has 0 bridgehead atoms. The molecule has 1 amide bonds. The van der Waals surface area contributed by atoms with Gasteiger partial charge in [0.15, 0.2) is 28.3 Å². The lowest BCUT2D eigenvalue weighted by Gasteiger charge is -2.29. The number of carbonyl (C=O) groups excluding carboxylic acids is 1. The average molecular weight is 655 g/mol. The van der Waals surface area contributed by atoms with Gasteiger partial charge in [0.25, 0.3) is 5.91 Å². The number of pyridine rings is 1. The van der Waals surface area contributed by atoms with Crippen molar-refractivity contribution < 1.29 is 45.0 Å². The van der Waals surface area contributed by atoms with E-state index in [1.807, 2.05) is 0 Å². The number of aromatic nitrogens is 1. The Labute approximate surface area is 258 Å². The Morgan fingerprint density at radius 3 is 2.42 bits per heavy atom. The van der Waals surface area contributed by atoms with Crippen molar-refractivity contribution in [3.63, 3.8) is 0 Å². The van der Waals surface area contributed by atoms with E-state index in [1.54, 1.807) is 6.92 Å². The van der Waals surface area contributed by atoms with Crippen LogP contribution in [0.1, 0.15) is 38.3 Å². The molecule has 238 valence electrons. The fourth-order valence-electron chi connectivity index (χ4n) is 4.70. The molecule has 7 nitrogen and oxygen atoms in total. The third kappa shape index (κ3) is 6.57. The number of ether oxygens (including phenoxy) is 2. The van der Waals surface area contributed by atoms with Crippen LogP contribution in [0.3, 0.4) is 0 Å². The molecule has 4 rings (SSSR count). The third-order valence-electron chi connectivity index (χ3n) is 6.92. The summed E-state index contributed by atoms with van der Waals surface area (Å²) in [6.07, 6.45) is -5.46. The third-order valence-corrected chi connectivity index (χ3v) is 7.28. The molecule has 1 atom stereocenters. The first-order chi connectivity index (χ1) is 21.1. The van der Waals surface area contributed by atoms with E-state index in [0.717, 1.165) is 35.4 Å². The van der Waals surface area contributed by atoms with Crippen molar-refractivity contribution in [3.05, 3.63) is 71.2 Å². The second-order valence-electron chi connectivity index (χ2n) is 10.3. The number of alkyl halides is 4. The summed E-state index contributed by atoms with van der Waals surface area (Å²) in [5.41, 5.74) is -5.69. The smallest absolute Gasteiger partial charge is 0.420 e. The summed E-state index contributed by atoms with van der Waals surface area (Å²) in [6.45, 7) is 4.52. The zero-order chi connectivity index (χ0) is 33.3. The molecule has 1 aliphatic rings. The number of rotatable bonds is 10. The van der Waals surface area contributed by atoms with Gasteiger partial charge < -0.3 is 14.4 Å². The van der Waals surface area contributed by atoms with Crippen molar-refractivity contribution in [1.29, 1.82) is 5.26 Å². The number of nitrogens with zero attached hydrogens (tertiary/aromatic N) is 4. The maximum atomic E-state index is 15.4. The van der Waals surface area contributed by atoms with Crippen molar-refractivity contribution in [3.8, 4) is 23.1 Å². The Balaban J connectivity index is 1.60. The first-order valence-electron chi connectivity index (χ1n) is 13.4. The minimum absolute atomic E-state index is 0.0175. The molecule has 2 aromatic carbocycles. The van der Waals surface area contributed by atoms with Gasteiger partial charge in [0.1, 0.15) is 23.0 Å². The van der Waals surface area contributed by atoms with Gasteiger partial charge in [0.2, 0.25) is 0 Å². The van der Waals surface area contributed by atoms with E-state index < -0.39 is 63.2 Å². The molecule has 15 heteroatoms. The summed E-state index contributed by atoms with van der Waals surface area (Å²) in [4.78, 5) is 19.1. The van der Waals surface area contributed by atoms with E-state index in [2.05, 4.69) is 4.98 Å². The Morgan fingerprint density at radius 1 is 1.11 bits per heavy atom. The van der Waals surface area contributed by atoms with Gasteiger partial charge in [-0.3, -0.25) is 14.7 Å². The second-order valence-corrected chi connectivity index (χ2v) is 10.7. The van der Waals surface area contributed by atoms with Crippen LogP contribution in [0.15, 0.2) is 42.6 Å². The van der Waals surface area contributed by atoms with Crippen molar-refractivity contribution in [2.24, 2.45) is 0 Å². The molecule has 0 saturated carbocycles. The van der Waals surface area contributed by atoms with Crippen LogP contribution >= 0.6 is 12.2 Å². The van der Waals surface area contributed by atoms with Crippen LogP contribution in [0.25, 0.3) is 11.3 Å². The Kier molecular flexibility index (Phi) is 9.69. The maximum absolute atomic E-state index is 15.4. The van der Waals surface area contributed by atoms with Crippen LogP contribution in [-0.4, -0.2) is 47.5 Å². The minimum Gasteiger partial charge on any atom is -0.490 e. The second kappa shape index (κ2) is 13.0. The van der Waals surface area contributed by atoms with Gasteiger partial charge in [-0.2, -0.15) is 18.4 Å². The van der Waals surface area contributed by atoms with Crippen LogP contribution < -0.4 is 14.5 Å². The number of nitriles is 1. The first kappa shape index (κ1) is 33.6. The number of hydrogen-bond acceptors (Lipinski definition) is 6. The molecule has 1 unspecified atom stereocenters. The molecule has 1 saturated heterocycles. The summed E-state index contributed by atoms with van der Waals surface area (Å²) in [6, 6.07) is 7.29. The summed E-state index contributed by atoms with van der Waals surface area (Å²) in [5.74, 6) is -4.82. The van der Waals surface area contributed by atoms with Crippen molar-refractivity contribution in [2.45, 2.75) is 45.1 Å². The molecule has 0 radical (unpaired) electrons. The largest absolute Gasteiger partial charge is 0.490 e. The molecule has 0 aliphatic carbocycles. The highest BCUT2D eigenvalue weighted by atomic mass is 32.1. The highest BCUT2D eigenvalue weighted by molar-refractivity contribution is 7.81. The van der Waals surface area contributed by atoms with E-state index in [-0.39, 0.29) is 42.3 Å². The fourth-order valence-corrected chi connectivity index (χ4v) is 5.22. The summed E-state index contributed by atoms with van der Waals surface area (Å²) < 4.78 is 110. The van der Waals surface area contributed by atoms with E-state index in [4.69, 9.17) is 27.0 Å². The molecule has 1 aliphatic heterocycles. The number of halogens is 7. The summed E-state index contributed by atoms with van der Waals surface area (Å²) in [5, 5.41) is 8.59. The van der Waals surface area contributed by atoms with Gasteiger partial charge in [-0.15, -0.1) is 0 Å². The SMILES string of the molecule is CCOCC(F)CCOc1ccc(-c2ncc(N3C(=S)N(c4ccc(C#N)c(C(F)(F)F)c4F)C(=O)C3(C)C)cc2F)cc1F. The van der Waals surface area contributed by atoms with Crippen molar-refractivity contribution in [2.75, 3.05) is 29.6 Å². The molecular weight excluding hydrogens is 629 g/mol.